The van der Waals surface area contributed by atoms with Gasteiger partial charge in [0.1, 0.15) is 5.75 Å². The Labute approximate surface area is 82.6 Å². The Bertz CT molecular complexity index is 323. The molecule has 78 valence electrons. The Balaban J connectivity index is 3.30. The lowest BCUT2D eigenvalue weighted by Crippen LogP contribution is -2.38. The first-order valence-electron chi connectivity index (χ1n) is 4.35. The summed E-state index contributed by atoms with van der Waals surface area (Å²) in [7, 11) is 0. The number of nitrogens with two attached hydrogens (primary N) is 1. The lowest BCUT2D eigenvalue weighted by atomic mass is 9.89. The van der Waals surface area contributed by atoms with Crippen LogP contribution in [0.15, 0.2) is 18.2 Å². The largest absolute Gasteiger partial charge is 0.508 e. The molecule has 4 nitrogen and oxygen atoms in total. The van der Waals surface area contributed by atoms with Crippen LogP contribution in [-0.2, 0) is 12.1 Å². The van der Waals surface area contributed by atoms with Crippen molar-refractivity contribution in [1.29, 1.82) is 0 Å². The molecule has 0 fully saturated rings. The molecule has 4 heteroatoms. The molecular formula is C10H15NO3. The molecule has 0 saturated heterocycles. The number of aliphatic hydroxyl groups excluding tert-OH is 2. The Hall–Kier alpha value is -1.10. The van der Waals surface area contributed by atoms with Crippen LogP contribution in [0.5, 0.6) is 5.75 Å². The predicted octanol–water partition coefficient (Wildman–Crippen LogP) is 0.0507. The van der Waals surface area contributed by atoms with Crippen LogP contribution in [0.3, 0.4) is 0 Å². The molecule has 0 radical (unpaired) electrons. The first kappa shape index (κ1) is 11.0. The second-order valence-electron chi connectivity index (χ2n) is 3.54. The van der Waals surface area contributed by atoms with E-state index >= 15 is 0 Å². The molecule has 1 aromatic carbocycles. The molecule has 0 aromatic heterocycles. The standard InChI is InChI=1S/C10H15NO3/c1-10(11,6-13)9-7(5-12)3-2-4-8(9)14/h2-4,12-14H,5-6,11H2,1H3/t10-/m0/s1. The topological polar surface area (TPSA) is 86.7 Å². The summed E-state index contributed by atoms with van der Waals surface area (Å²) >= 11 is 0. The second-order valence-corrected chi connectivity index (χ2v) is 3.54. The molecule has 1 rings (SSSR count). The maximum absolute atomic E-state index is 9.59. The van der Waals surface area contributed by atoms with Crippen LogP contribution in [0.4, 0.5) is 0 Å². The van der Waals surface area contributed by atoms with E-state index in [9.17, 15) is 5.11 Å². The molecule has 1 aromatic rings. The molecule has 0 amide bonds. The highest BCUT2D eigenvalue weighted by Crippen LogP contribution is 2.30. The highest BCUT2D eigenvalue weighted by Gasteiger charge is 2.26. The van der Waals surface area contributed by atoms with Crippen molar-refractivity contribution in [3.63, 3.8) is 0 Å². The van der Waals surface area contributed by atoms with Crippen molar-refractivity contribution in [2.45, 2.75) is 19.1 Å². The van der Waals surface area contributed by atoms with E-state index in [4.69, 9.17) is 15.9 Å². The van der Waals surface area contributed by atoms with Crippen LogP contribution in [0.1, 0.15) is 18.1 Å². The van der Waals surface area contributed by atoms with Crippen molar-refractivity contribution in [2.75, 3.05) is 6.61 Å². The minimum Gasteiger partial charge on any atom is -0.508 e. The van der Waals surface area contributed by atoms with Gasteiger partial charge in [0.2, 0.25) is 0 Å². The van der Waals surface area contributed by atoms with Gasteiger partial charge in [-0.05, 0) is 18.6 Å². The van der Waals surface area contributed by atoms with Gasteiger partial charge in [-0.1, -0.05) is 12.1 Å². The van der Waals surface area contributed by atoms with Crippen LogP contribution in [0, 0.1) is 0 Å². The molecule has 0 aliphatic heterocycles. The van der Waals surface area contributed by atoms with Crippen LogP contribution in [0.2, 0.25) is 0 Å². The number of hydrogen-bond acceptors (Lipinski definition) is 4. The van der Waals surface area contributed by atoms with Crippen LogP contribution < -0.4 is 5.73 Å². The molecule has 0 saturated carbocycles. The smallest absolute Gasteiger partial charge is 0.121 e. The summed E-state index contributed by atoms with van der Waals surface area (Å²) in [6.45, 7) is 1.09. The maximum atomic E-state index is 9.59. The third-order valence-electron chi connectivity index (χ3n) is 2.20. The van der Waals surface area contributed by atoms with Crippen LogP contribution in [0.25, 0.3) is 0 Å². The van der Waals surface area contributed by atoms with Gasteiger partial charge in [-0.15, -0.1) is 0 Å². The molecule has 5 N–H and O–H groups in total. The zero-order chi connectivity index (χ0) is 10.8. The Morgan fingerprint density at radius 3 is 2.50 bits per heavy atom. The Kier molecular flexibility index (Phi) is 3.10. The summed E-state index contributed by atoms with van der Waals surface area (Å²) in [5.74, 6) is -0.00407. The van der Waals surface area contributed by atoms with Crippen molar-refractivity contribution in [3.05, 3.63) is 29.3 Å². The second kappa shape index (κ2) is 3.96. The van der Waals surface area contributed by atoms with Gasteiger partial charge in [0, 0.05) is 5.56 Å². The van der Waals surface area contributed by atoms with Crippen molar-refractivity contribution in [1.82, 2.24) is 0 Å². The van der Waals surface area contributed by atoms with Gasteiger partial charge in [-0.25, -0.2) is 0 Å². The Morgan fingerprint density at radius 1 is 1.36 bits per heavy atom. The monoisotopic (exact) mass is 197 g/mol. The third-order valence-corrected chi connectivity index (χ3v) is 2.20. The normalized spacial score (nSPS) is 15.1. The fourth-order valence-electron chi connectivity index (χ4n) is 1.46. The van der Waals surface area contributed by atoms with E-state index in [0.29, 0.717) is 11.1 Å². The quantitative estimate of drug-likeness (QED) is 0.551. The summed E-state index contributed by atoms with van der Waals surface area (Å²) in [6.07, 6.45) is 0. The van der Waals surface area contributed by atoms with Gasteiger partial charge in [0.25, 0.3) is 0 Å². The number of aliphatic hydroxyl groups is 2. The zero-order valence-electron chi connectivity index (χ0n) is 8.07. The molecule has 0 heterocycles. The third kappa shape index (κ3) is 1.87. The minimum absolute atomic E-state index is 0.00407. The first-order valence-corrected chi connectivity index (χ1v) is 4.35. The average Bonchev–Trinajstić information content (AvgIpc) is 2.17. The average molecular weight is 197 g/mol. The van der Waals surface area contributed by atoms with Crippen molar-refractivity contribution in [3.8, 4) is 5.75 Å². The van der Waals surface area contributed by atoms with Gasteiger partial charge < -0.3 is 21.1 Å². The highest BCUT2D eigenvalue weighted by atomic mass is 16.3. The van der Waals surface area contributed by atoms with E-state index in [1.165, 1.54) is 6.07 Å². The molecule has 1 atom stereocenters. The van der Waals surface area contributed by atoms with Crippen LogP contribution >= 0.6 is 0 Å². The van der Waals surface area contributed by atoms with Gasteiger partial charge in [0.15, 0.2) is 0 Å². The first-order chi connectivity index (χ1) is 6.53. The fourth-order valence-corrected chi connectivity index (χ4v) is 1.46. The molecule has 0 unspecified atom stereocenters. The summed E-state index contributed by atoms with van der Waals surface area (Å²) in [4.78, 5) is 0. The SMILES string of the molecule is C[C@](N)(CO)c1c(O)cccc1CO. The van der Waals surface area contributed by atoms with E-state index in [1.54, 1.807) is 19.1 Å². The van der Waals surface area contributed by atoms with Crippen molar-refractivity contribution >= 4 is 0 Å². The lowest BCUT2D eigenvalue weighted by Gasteiger charge is -2.25. The van der Waals surface area contributed by atoms with E-state index in [0.717, 1.165) is 0 Å². The molecule has 0 bridgehead atoms. The summed E-state index contributed by atoms with van der Waals surface area (Å²) < 4.78 is 0. The summed E-state index contributed by atoms with van der Waals surface area (Å²) in [5, 5.41) is 27.7. The number of phenolic OH excluding ortho intramolecular Hbond substituents is 1. The van der Waals surface area contributed by atoms with Crippen molar-refractivity contribution in [2.24, 2.45) is 5.73 Å². The predicted molar refractivity (Wildman–Crippen MR) is 52.7 cm³/mol. The molecule has 14 heavy (non-hydrogen) atoms. The number of phenols is 1. The van der Waals surface area contributed by atoms with Gasteiger partial charge in [0.05, 0.1) is 18.8 Å². The molecule has 0 aliphatic rings. The van der Waals surface area contributed by atoms with Gasteiger partial charge in [-0.2, -0.15) is 0 Å². The summed E-state index contributed by atoms with van der Waals surface area (Å²) in [6, 6.07) is 4.77. The van der Waals surface area contributed by atoms with E-state index in [-0.39, 0.29) is 19.0 Å². The van der Waals surface area contributed by atoms with Gasteiger partial charge >= 0.3 is 0 Å². The molecular weight excluding hydrogens is 182 g/mol. The van der Waals surface area contributed by atoms with Gasteiger partial charge in [-0.3, -0.25) is 0 Å². The zero-order valence-corrected chi connectivity index (χ0v) is 8.07. The van der Waals surface area contributed by atoms with Crippen molar-refractivity contribution < 1.29 is 15.3 Å². The maximum Gasteiger partial charge on any atom is 0.121 e. The Morgan fingerprint density at radius 2 is 2.00 bits per heavy atom. The molecule has 0 spiro atoms. The molecule has 0 aliphatic carbocycles. The number of rotatable bonds is 3. The number of hydrogen-bond donors (Lipinski definition) is 4. The minimum atomic E-state index is -1.04. The highest BCUT2D eigenvalue weighted by molar-refractivity contribution is 5.43. The van der Waals surface area contributed by atoms with E-state index in [2.05, 4.69) is 0 Å². The fraction of sp³-hybridized carbons (Fsp3) is 0.400. The number of benzene rings is 1. The summed E-state index contributed by atoms with van der Waals surface area (Å²) in [5.41, 5.74) is 5.68. The van der Waals surface area contributed by atoms with E-state index < -0.39 is 5.54 Å². The lowest BCUT2D eigenvalue weighted by molar-refractivity contribution is 0.202. The van der Waals surface area contributed by atoms with Crippen LogP contribution in [-0.4, -0.2) is 21.9 Å². The van der Waals surface area contributed by atoms with E-state index in [1.807, 2.05) is 0 Å². The number of aromatic hydroxyl groups is 1.